The monoisotopic (exact) mass is 130 g/mol. The number of hydrogen-bond acceptors (Lipinski definition) is 3. The van der Waals surface area contributed by atoms with Gasteiger partial charge in [0.25, 0.3) is 5.78 Å². The zero-order valence-corrected chi connectivity index (χ0v) is 4.83. The van der Waals surface area contributed by atoms with Crippen LogP contribution in [0.2, 0.25) is 0 Å². The first-order valence-electron chi connectivity index (χ1n) is 2.15. The Labute approximate surface area is 51.7 Å². The quantitative estimate of drug-likeness (QED) is 0.326. The molecule has 0 amide bonds. The maximum atomic E-state index is 10.1. The number of hydrogen-bond donors (Lipinski definition) is 1. The summed E-state index contributed by atoms with van der Waals surface area (Å²) in [7, 11) is 1.33. The van der Waals surface area contributed by atoms with Crippen molar-refractivity contribution in [2.45, 2.75) is 0 Å². The molecule has 0 saturated carbocycles. The van der Waals surface area contributed by atoms with Gasteiger partial charge in [0.15, 0.2) is 0 Å². The van der Waals surface area contributed by atoms with Gasteiger partial charge in [0, 0.05) is 6.08 Å². The summed E-state index contributed by atoms with van der Waals surface area (Å²) in [6.45, 7) is 0. The van der Waals surface area contributed by atoms with Crippen molar-refractivity contribution in [3.05, 3.63) is 12.3 Å². The highest BCUT2D eigenvalue weighted by Crippen LogP contribution is 1.76. The molecule has 0 heterocycles. The van der Waals surface area contributed by atoms with Gasteiger partial charge in [-0.1, -0.05) is 0 Å². The molecule has 50 valence electrons. The Hall–Kier alpha value is -1.32. The standard InChI is InChI=1S/C5H6O4/c1-9-3-2-4(6)5(7)8/h2-3H,1H3,(H,7,8)/b3-2+. The van der Waals surface area contributed by atoms with Crippen molar-refractivity contribution >= 4 is 11.8 Å². The Kier molecular flexibility index (Phi) is 3.12. The van der Waals surface area contributed by atoms with Crippen LogP contribution in [-0.4, -0.2) is 24.0 Å². The minimum atomic E-state index is -1.48. The third kappa shape index (κ3) is 3.28. The van der Waals surface area contributed by atoms with Crippen LogP contribution in [-0.2, 0) is 14.3 Å². The van der Waals surface area contributed by atoms with Gasteiger partial charge in [-0.2, -0.15) is 0 Å². The van der Waals surface area contributed by atoms with Crippen LogP contribution in [0.25, 0.3) is 0 Å². The van der Waals surface area contributed by atoms with Crippen molar-refractivity contribution < 1.29 is 19.4 Å². The van der Waals surface area contributed by atoms with Gasteiger partial charge in [-0.05, 0) is 0 Å². The summed E-state index contributed by atoms with van der Waals surface area (Å²) in [6.07, 6.45) is 1.85. The molecular weight excluding hydrogens is 124 g/mol. The number of carbonyl (C=O) groups excluding carboxylic acids is 1. The normalized spacial score (nSPS) is 9.44. The summed E-state index contributed by atoms with van der Waals surface area (Å²) in [5.74, 6) is -2.47. The minimum Gasteiger partial charge on any atom is -0.504 e. The van der Waals surface area contributed by atoms with E-state index in [4.69, 9.17) is 5.11 Å². The van der Waals surface area contributed by atoms with Crippen LogP contribution < -0.4 is 0 Å². The smallest absolute Gasteiger partial charge is 0.376 e. The summed E-state index contributed by atoms with van der Waals surface area (Å²) in [5.41, 5.74) is 0. The number of methoxy groups -OCH3 is 1. The van der Waals surface area contributed by atoms with E-state index >= 15 is 0 Å². The number of ether oxygens (including phenoxy) is 1. The summed E-state index contributed by atoms with van der Waals surface area (Å²) in [4.78, 5) is 19.9. The molecule has 4 heteroatoms. The molecule has 0 aliphatic carbocycles. The number of carboxylic acid groups (broad SMARTS) is 1. The highest BCUT2D eigenvalue weighted by molar-refractivity contribution is 6.37. The highest BCUT2D eigenvalue weighted by Gasteiger charge is 2.04. The molecule has 4 nitrogen and oxygen atoms in total. The lowest BCUT2D eigenvalue weighted by Crippen LogP contribution is -2.08. The summed E-state index contributed by atoms with van der Waals surface area (Å²) >= 11 is 0. The van der Waals surface area contributed by atoms with Crippen molar-refractivity contribution in [1.82, 2.24) is 0 Å². The number of carbonyl (C=O) groups is 2. The fourth-order valence-electron chi connectivity index (χ4n) is 0.201. The number of carboxylic acids is 1. The predicted molar refractivity (Wildman–Crippen MR) is 28.8 cm³/mol. The lowest BCUT2D eigenvalue weighted by atomic mass is 10.4. The molecule has 0 unspecified atom stereocenters. The first-order chi connectivity index (χ1) is 4.18. The average Bonchev–Trinajstić information content (AvgIpc) is 1.82. The van der Waals surface area contributed by atoms with E-state index in [2.05, 4.69) is 4.74 Å². The fraction of sp³-hybridized carbons (Fsp3) is 0.200. The molecule has 0 fully saturated rings. The van der Waals surface area contributed by atoms with E-state index in [1.807, 2.05) is 0 Å². The minimum absolute atomic E-state index is 0.836. The Morgan fingerprint density at radius 3 is 2.44 bits per heavy atom. The highest BCUT2D eigenvalue weighted by atomic mass is 16.5. The molecule has 0 bridgehead atoms. The fourth-order valence-corrected chi connectivity index (χ4v) is 0.201. The molecule has 0 aromatic heterocycles. The molecular formula is C5H6O4. The van der Waals surface area contributed by atoms with Crippen LogP contribution in [0, 0.1) is 0 Å². The molecule has 0 atom stereocenters. The predicted octanol–water partition coefficient (Wildman–Crippen LogP) is -0.200. The topological polar surface area (TPSA) is 63.6 Å². The summed E-state index contributed by atoms with van der Waals surface area (Å²) < 4.78 is 4.30. The van der Waals surface area contributed by atoms with E-state index in [9.17, 15) is 9.59 Å². The van der Waals surface area contributed by atoms with Crippen molar-refractivity contribution in [3.8, 4) is 0 Å². The molecule has 0 aromatic rings. The summed E-state index contributed by atoms with van der Waals surface area (Å²) in [5, 5.41) is 7.95. The van der Waals surface area contributed by atoms with Gasteiger partial charge < -0.3 is 9.84 Å². The molecule has 0 aromatic carbocycles. The number of ketones is 1. The maximum absolute atomic E-state index is 10.1. The van der Waals surface area contributed by atoms with Gasteiger partial charge in [-0.25, -0.2) is 4.79 Å². The molecule has 9 heavy (non-hydrogen) atoms. The van der Waals surface area contributed by atoms with Crippen LogP contribution >= 0.6 is 0 Å². The van der Waals surface area contributed by atoms with Crippen molar-refractivity contribution in [1.29, 1.82) is 0 Å². The Morgan fingerprint density at radius 1 is 1.56 bits per heavy atom. The Morgan fingerprint density at radius 2 is 2.11 bits per heavy atom. The maximum Gasteiger partial charge on any atom is 0.376 e. The van der Waals surface area contributed by atoms with E-state index in [1.165, 1.54) is 7.11 Å². The van der Waals surface area contributed by atoms with Gasteiger partial charge in [0.1, 0.15) is 0 Å². The van der Waals surface area contributed by atoms with Crippen molar-refractivity contribution in [2.75, 3.05) is 7.11 Å². The van der Waals surface area contributed by atoms with Crippen LogP contribution in [0.5, 0.6) is 0 Å². The first kappa shape index (κ1) is 7.68. The van der Waals surface area contributed by atoms with E-state index < -0.39 is 11.8 Å². The van der Waals surface area contributed by atoms with Crippen LogP contribution in [0.15, 0.2) is 12.3 Å². The average molecular weight is 130 g/mol. The second-order valence-corrected chi connectivity index (χ2v) is 1.21. The molecule has 0 spiro atoms. The van der Waals surface area contributed by atoms with Crippen LogP contribution in [0.1, 0.15) is 0 Å². The molecule has 0 rings (SSSR count). The molecule has 0 saturated heterocycles. The second kappa shape index (κ2) is 3.65. The summed E-state index contributed by atoms with van der Waals surface area (Å²) in [6, 6.07) is 0. The lowest BCUT2D eigenvalue weighted by Gasteiger charge is -1.83. The van der Waals surface area contributed by atoms with E-state index in [-0.39, 0.29) is 0 Å². The van der Waals surface area contributed by atoms with E-state index in [0.717, 1.165) is 12.3 Å². The zero-order chi connectivity index (χ0) is 7.28. The van der Waals surface area contributed by atoms with Gasteiger partial charge >= 0.3 is 5.97 Å². The first-order valence-corrected chi connectivity index (χ1v) is 2.15. The van der Waals surface area contributed by atoms with Crippen molar-refractivity contribution in [2.24, 2.45) is 0 Å². The lowest BCUT2D eigenvalue weighted by molar-refractivity contribution is -0.146. The molecule has 0 aliphatic rings. The number of aliphatic carboxylic acids is 1. The Balaban J connectivity index is 3.77. The van der Waals surface area contributed by atoms with Gasteiger partial charge in [0.2, 0.25) is 0 Å². The molecule has 1 N–H and O–H groups in total. The Bertz CT molecular complexity index is 147. The van der Waals surface area contributed by atoms with Gasteiger partial charge in [0.05, 0.1) is 13.4 Å². The largest absolute Gasteiger partial charge is 0.504 e. The van der Waals surface area contributed by atoms with E-state index in [1.54, 1.807) is 0 Å². The molecule has 0 radical (unpaired) electrons. The van der Waals surface area contributed by atoms with Crippen LogP contribution in [0.3, 0.4) is 0 Å². The van der Waals surface area contributed by atoms with E-state index in [0.29, 0.717) is 0 Å². The van der Waals surface area contributed by atoms with Gasteiger partial charge in [-0.15, -0.1) is 0 Å². The van der Waals surface area contributed by atoms with Crippen LogP contribution in [0.4, 0.5) is 0 Å². The van der Waals surface area contributed by atoms with Crippen molar-refractivity contribution in [3.63, 3.8) is 0 Å². The van der Waals surface area contributed by atoms with Gasteiger partial charge in [-0.3, -0.25) is 4.79 Å². The molecule has 0 aliphatic heterocycles. The zero-order valence-electron chi connectivity index (χ0n) is 4.83. The third-order valence-corrected chi connectivity index (χ3v) is 0.566. The number of rotatable bonds is 3. The second-order valence-electron chi connectivity index (χ2n) is 1.21. The SMILES string of the molecule is CO/C=C/C(=O)C(=O)O. The third-order valence-electron chi connectivity index (χ3n) is 0.566.